The van der Waals surface area contributed by atoms with Gasteiger partial charge in [-0.1, -0.05) is 11.8 Å². The molecule has 4 nitrogen and oxygen atoms in total. The fraction of sp³-hybridized carbons (Fsp3) is 0.200. The summed E-state index contributed by atoms with van der Waals surface area (Å²) in [5.41, 5.74) is 1.40. The average molecular weight is 300 g/mol. The highest BCUT2D eigenvalue weighted by Crippen LogP contribution is 2.35. The van der Waals surface area contributed by atoms with Gasteiger partial charge >= 0.3 is 0 Å². The van der Waals surface area contributed by atoms with E-state index in [1.54, 1.807) is 24.6 Å². The van der Waals surface area contributed by atoms with Gasteiger partial charge in [-0.15, -0.1) is 0 Å². The van der Waals surface area contributed by atoms with E-state index < -0.39 is 0 Å². The molecule has 0 fully saturated rings. The van der Waals surface area contributed by atoms with Gasteiger partial charge in [-0.25, -0.2) is 4.99 Å². The quantitative estimate of drug-likeness (QED) is 0.362. The molecule has 0 aromatic heterocycles. The summed E-state index contributed by atoms with van der Waals surface area (Å²) in [4.78, 5) is 4.15. The molecule has 0 radical (unpaired) electrons. The zero-order chi connectivity index (χ0) is 12.1. The Labute approximate surface area is 107 Å². The van der Waals surface area contributed by atoms with E-state index >= 15 is 0 Å². The van der Waals surface area contributed by atoms with Gasteiger partial charge in [-0.05, 0) is 46.8 Å². The van der Waals surface area contributed by atoms with E-state index in [1.807, 2.05) is 6.92 Å². The van der Waals surface area contributed by atoms with Crippen molar-refractivity contribution in [2.75, 3.05) is 6.26 Å². The molecule has 0 atom stereocenters. The number of phenolic OH excluding ortho intramolecular Hbond substituents is 1. The number of hydrogen-bond acceptors (Lipinski definition) is 4. The number of aryl methyl sites for hydroxylation is 1. The summed E-state index contributed by atoms with van der Waals surface area (Å²) in [6.07, 6.45) is 3.59. The highest BCUT2D eigenvalue weighted by molar-refractivity contribution is 9.10. The van der Waals surface area contributed by atoms with E-state index in [9.17, 15) is 5.11 Å². The number of halogens is 1. The van der Waals surface area contributed by atoms with Crippen LogP contribution in [0.1, 0.15) is 5.56 Å². The van der Waals surface area contributed by atoms with E-state index in [0.29, 0.717) is 15.3 Å². The van der Waals surface area contributed by atoms with Gasteiger partial charge in [0.1, 0.15) is 5.69 Å². The molecule has 0 unspecified atom stereocenters. The number of nitrogens with zero attached hydrogens (tertiary/aromatic N) is 2. The van der Waals surface area contributed by atoms with Crippen LogP contribution in [0, 0.1) is 18.4 Å². The summed E-state index contributed by atoms with van der Waals surface area (Å²) in [5.74, 6) is 0.0666. The summed E-state index contributed by atoms with van der Waals surface area (Å²) in [7, 11) is 0. The van der Waals surface area contributed by atoms with Crippen molar-refractivity contribution in [3.05, 3.63) is 22.2 Å². The van der Waals surface area contributed by atoms with Gasteiger partial charge in [-0.2, -0.15) is 5.26 Å². The van der Waals surface area contributed by atoms with Crippen molar-refractivity contribution < 1.29 is 5.11 Å². The molecule has 0 aliphatic heterocycles. The van der Waals surface area contributed by atoms with Crippen molar-refractivity contribution in [1.29, 1.82) is 5.26 Å². The molecule has 0 aliphatic rings. The molecular formula is C10H10BrN3OS. The molecule has 0 aliphatic carbocycles. The number of rotatable bonds is 1. The number of thioether (sulfide) groups is 1. The minimum Gasteiger partial charge on any atom is -0.505 e. The Kier molecular flexibility index (Phi) is 4.65. The number of phenols is 1. The standard InChI is InChI=1S/C10H10BrN3OS/c1-6-3-7(11)9(15)8(4-6)14-10(16-2)13-5-12/h3-4,15H,1-2H3,(H,13,14). The first-order valence-electron chi connectivity index (χ1n) is 4.35. The van der Waals surface area contributed by atoms with Crippen LogP contribution < -0.4 is 5.32 Å². The molecule has 0 bridgehead atoms. The molecular weight excluding hydrogens is 290 g/mol. The molecule has 0 amide bonds. The molecule has 1 rings (SSSR count). The monoisotopic (exact) mass is 299 g/mol. The van der Waals surface area contributed by atoms with Crippen molar-refractivity contribution in [3.63, 3.8) is 0 Å². The number of aromatic hydroxyl groups is 1. The topological polar surface area (TPSA) is 68.4 Å². The average Bonchev–Trinajstić information content (AvgIpc) is 2.24. The van der Waals surface area contributed by atoms with Crippen molar-refractivity contribution in [2.24, 2.45) is 4.99 Å². The largest absolute Gasteiger partial charge is 0.505 e. The summed E-state index contributed by atoms with van der Waals surface area (Å²) in [6.45, 7) is 1.90. The van der Waals surface area contributed by atoms with E-state index in [-0.39, 0.29) is 5.75 Å². The lowest BCUT2D eigenvalue weighted by molar-refractivity contribution is 0.473. The predicted octanol–water partition coefficient (Wildman–Crippen LogP) is 2.88. The van der Waals surface area contributed by atoms with Gasteiger partial charge in [0.2, 0.25) is 0 Å². The molecule has 16 heavy (non-hydrogen) atoms. The van der Waals surface area contributed by atoms with E-state index in [1.165, 1.54) is 11.8 Å². The second kappa shape index (κ2) is 5.77. The Bertz CT molecular complexity index is 468. The first-order chi connectivity index (χ1) is 7.58. The van der Waals surface area contributed by atoms with Crippen LogP contribution in [-0.2, 0) is 0 Å². The number of amidine groups is 1. The highest BCUT2D eigenvalue weighted by atomic mass is 79.9. The molecule has 1 aromatic rings. The summed E-state index contributed by atoms with van der Waals surface area (Å²) >= 11 is 4.54. The third kappa shape index (κ3) is 3.15. The number of nitriles is 1. The molecule has 0 saturated carbocycles. The fourth-order valence-electron chi connectivity index (χ4n) is 1.08. The molecule has 2 N–H and O–H groups in total. The lowest BCUT2D eigenvalue weighted by Crippen LogP contribution is -2.12. The Morgan fingerprint density at radius 2 is 2.31 bits per heavy atom. The van der Waals surface area contributed by atoms with Crippen molar-refractivity contribution in [3.8, 4) is 11.9 Å². The molecule has 0 spiro atoms. The van der Waals surface area contributed by atoms with Crippen LogP contribution in [-0.4, -0.2) is 16.5 Å². The van der Waals surface area contributed by atoms with Crippen LogP contribution in [0.3, 0.4) is 0 Å². The number of hydrogen-bond donors (Lipinski definition) is 2. The van der Waals surface area contributed by atoms with Crippen LogP contribution in [0.5, 0.6) is 5.75 Å². The maximum Gasteiger partial charge on any atom is 0.183 e. The lowest BCUT2D eigenvalue weighted by atomic mass is 10.2. The van der Waals surface area contributed by atoms with Gasteiger partial charge in [0, 0.05) is 0 Å². The van der Waals surface area contributed by atoms with Crippen molar-refractivity contribution in [1.82, 2.24) is 5.32 Å². The van der Waals surface area contributed by atoms with Crippen molar-refractivity contribution in [2.45, 2.75) is 6.92 Å². The third-order valence-corrected chi connectivity index (χ3v) is 2.95. The first kappa shape index (κ1) is 12.9. The Balaban J connectivity index is 3.18. The van der Waals surface area contributed by atoms with Gasteiger partial charge in [0.15, 0.2) is 17.1 Å². The molecule has 0 saturated heterocycles. The summed E-state index contributed by atoms with van der Waals surface area (Å²) in [6, 6.07) is 3.54. The molecule has 0 heterocycles. The van der Waals surface area contributed by atoms with Gasteiger partial charge in [-0.3, -0.25) is 5.32 Å². The zero-order valence-electron chi connectivity index (χ0n) is 8.78. The minimum atomic E-state index is 0.0666. The van der Waals surface area contributed by atoms with Crippen LogP contribution in [0.25, 0.3) is 0 Å². The van der Waals surface area contributed by atoms with E-state index in [4.69, 9.17) is 5.26 Å². The Morgan fingerprint density at radius 3 is 2.88 bits per heavy atom. The number of aliphatic imine (C=N–C) groups is 1. The summed E-state index contributed by atoms with van der Waals surface area (Å²) < 4.78 is 0.587. The van der Waals surface area contributed by atoms with E-state index in [2.05, 4.69) is 26.2 Å². The van der Waals surface area contributed by atoms with Crippen molar-refractivity contribution >= 4 is 38.5 Å². The SMILES string of the molecule is CSC(=Nc1cc(C)cc(Br)c1O)NC#N. The normalized spacial score (nSPS) is 11.0. The third-order valence-electron chi connectivity index (χ3n) is 1.77. The Hall–Kier alpha value is -1.19. The van der Waals surface area contributed by atoms with E-state index in [0.717, 1.165) is 5.56 Å². The second-order valence-electron chi connectivity index (χ2n) is 2.97. The van der Waals surface area contributed by atoms with Crippen LogP contribution in [0.4, 0.5) is 5.69 Å². The zero-order valence-corrected chi connectivity index (χ0v) is 11.2. The second-order valence-corrected chi connectivity index (χ2v) is 4.62. The van der Waals surface area contributed by atoms with Gasteiger partial charge < -0.3 is 5.11 Å². The highest BCUT2D eigenvalue weighted by Gasteiger charge is 2.07. The van der Waals surface area contributed by atoms with Crippen LogP contribution >= 0.6 is 27.7 Å². The molecule has 6 heteroatoms. The van der Waals surface area contributed by atoms with Crippen LogP contribution in [0.2, 0.25) is 0 Å². The van der Waals surface area contributed by atoms with Gasteiger partial charge in [0.05, 0.1) is 4.47 Å². The predicted molar refractivity (Wildman–Crippen MR) is 69.9 cm³/mol. The van der Waals surface area contributed by atoms with Crippen LogP contribution in [0.15, 0.2) is 21.6 Å². The lowest BCUT2D eigenvalue weighted by Gasteiger charge is -2.05. The van der Waals surface area contributed by atoms with Gasteiger partial charge in [0.25, 0.3) is 0 Å². The maximum atomic E-state index is 9.76. The smallest absolute Gasteiger partial charge is 0.183 e. The minimum absolute atomic E-state index is 0.0666. The number of nitrogens with one attached hydrogen (secondary N) is 1. The summed E-state index contributed by atoms with van der Waals surface area (Å²) in [5, 5.41) is 21.1. The number of benzene rings is 1. The Morgan fingerprint density at radius 1 is 1.62 bits per heavy atom. The first-order valence-corrected chi connectivity index (χ1v) is 6.37. The fourth-order valence-corrected chi connectivity index (χ4v) is 1.98. The molecule has 84 valence electrons. The maximum absolute atomic E-state index is 9.76. The molecule has 1 aromatic carbocycles.